The second kappa shape index (κ2) is 10.9. The van der Waals surface area contributed by atoms with Gasteiger partial charge in [0.2, 0.25) is 0 Å². The number of ether oxygens (including phenoxy) is 2. The van der Waals surface area contributed by atoms with Crippen LogP contribution in [-0.4, -0.2) is 48.5 Å². The Morgan fingerprint density at radius 2 is 1.80 bits per heavy atom. The van der Waals surface area contributed by atoms with Crippen LogP contribution in [0.3, 0.4) is 0 Å². The molecule has 1 saturated heterocycles. The summed E-state index contributed by atoms with van der Waals surface area (Å²) < 4.78 is 11.7. The molecule has 1 fully saturated rings. The van der Waals surface area contributed by atoms with Gasteiger partial charge in [0.15, 0.2) is 0 Å². The molecule has 0 radical (unpaired) electrons. The SMILES string of the molecule is Cc1cc(C)cc(OCC(O)CN(Cc2ccc(C(C)C)cc2)CC2CCCO2)c1. The summed E-state index contributed by atoms with van der Waals surface area (Å²) in [6.07, 6.45) is 1.92. The molecule has 0 saturated carbocycles. The van der Waals surface area contributed by atoms with Crippen molar-refractivity contribution in [3.8, 4) is 5.75 Å². The Labute approximate surface area is 181 Å². The van der Waals surface area contributed by atoms with Gasteiger partial charge in [0.05, 0.1) is 6.10 Å². The van der Waals surface area contributed by atoms with Gasteiger partial charge in [-0.3, -0.25) is 4.90 Å². The van der Waals surface area contributed by atoms with Gasteiger partial charge in [-0.2, -0.15) is 0 Å². The summed E-state index contributed by atoms with van der Waals surface area (Å²) in [5, 5.41) is 10.7. The Kier molecular flexibility index (Phi) is 8.32. The molecule has 2 aromatic carbocycles. The van der Waals surface area contributed by atoms with Crippen molar-refractivity contribution in [2.45, 2.75) is 65.2 Å². The predicted octanol–water partition coefficient (Wildman–Crippen LogP) is 4.85. The zero-order valence-corrected chi connectivity index (χ0v) is 18.9. The van der Waals surface area contributed by atoms with Gasteiger partial charge in [-0.05, 0) is 67.0 Å². The third kappa shape index (κ3) is 7.12. The molecule has 4 heteroatoms. The van der Waals surface area contributed by atoms with Crippen LogP contribution >= 0.6 is 0 Å². The van der Waals surface area contributed by atoms with Crippen molar-refractivity contribution in [1.82, 2.24) is 4.90 Å². The zero-order valence-electron chi connectivity index (χ0n) is 18.9. The number of benzene rings is 2. The average Bonchev–Trinajstić information content (AvgIpc) is 3.19. The number of aryl methyl sites for hydroxylation is 2. The van der Waals surface area contributed by atoms with Crippen LogP contribution in [0, 0.1) is 13.8 Å². The van der Waals surface area contributed by atoms with Gasteiger partial charge >= 0.3 is 0 Å². The number of aliphatic hydroxyl groups excluding tert-OH is 1. The van der Waals surface area contributed by atoms with Gasteiger partial charge in [-0.25, -0.2) is 0 Å². The van der Waals surface area contributed by atoms with E-state index in [2.05, 4.69) is 62.9 Å². The Balaban J connectivity index is 1.59. The molecule has 30 heavy (non-hydrogen) atoms. The lowest BCUT2D eigenvalue weighted by atomic mass is 10.0. The average molecular weight is 412 g/mol. The highest BCUT2D eigenvalue weighted by Gasteiger charge is 2.21. The minimum absolute atomic E-state index is 0.257. The van der Waals surface area contributed by atoms with E-state index in [0.717, 1.165) is 38.3 Å². The van der Waals surface area contributed by atoms with E-state index >= 15 is 0 Å². The minimum Gasteiger partial charge on any atom is -0.491 e. The first kappa shape index (κ1) is 22.8. The number of aliphatic hydroxyl groups is 1. The summed E-state index contributed by atoms with van der Waals surface area (Å²) in [6.45, 7) is 11.9. The number of nitrogens with zero attached hydrogens (tertiary/aromatic N) is 1. The molecule has 164 valence electrons. The summed E-state index contributed by atoms with van der Waals surface area (Å²) in [5.41, 5.74) is 4.96. The van der Waals surface area contributed by atoms with Gasteiger partial charge in [-0.15, -0.1) is 0 Å². The lowest BCUT2D eigenvalue weighted by molar-refractivity contribution is 0.0313. The fraction of sp³-hybridized carbons (Fsp3) is 0.538. The molecular weight excluding hydrogens is 374 g/mol. The number of hydrogen-bond donors (Lipinski definition) is 1. The van der Waals surface area contributed by atoms with E-state index in [4.69, 9.17) is 9.47 Å². The number of rotatable bonds is 10. The topological polar surface area (TPSA) is 41.9 Å². The van der Waals surface area contributed by atoms with Crippen LogP contribution in [0.4, 0.5) is 0 Å². The van der Waals surface area contributed by atoms with E-state index in [1.165, 1.54) is 22.3 Å². The molecule has 0 amide bonds. The first-order valence-corrected chi connectivity index (χ1v) is 11.2. The van der Waals surface area contributed by atoms with Crippen molar-refractivity contribution in [2.24, 2.45) is 0 Å². The Hall–Kier alpha value is -1.88. The van der Waals surface area contributed by atoms with E-state index in [9.17, 15) is 5.11 Å². The second-order valence-electron chi connectivity index (χ2n) is 9.01. The summed E-state index contributed by atoms with van der Waals surface area (Å²) in [7, 11) is 0. The molecule has 0 aromatic heterocycles. The Morgan fingerprint density at radius 1 is 1.10 bits per heavy atom. The van der Waals surface area contributed by atoms with Gasteiger partial charge in [0.25, 0.3) is 0 Å². The quantitative estimate of drug-likeness (QED) is 0.607. The zero-order chi connectivity index (χ0) is 21.5. The molecule has 1 heterocycles. The van der Waals surface area contributed by atoms with Crippen LogP contribution in [-0.2, 0) is 11.3 Å². The maximum atomic E-state index is 10.7. The fourth-order valence-corrected chi connectivity index (χ4v) is 4.11. The highest BCUT2D eigenvalue weighted by Crippen LogP contribution is 2.19. The fourth-order valence-electron chi connectivity index (χ4n) is 4.11. The van der Waals surface area contributed by atoms with Crippen molar-refractivity contribution in [2.75, 3.05) is 26.3 Å². The lowest BCUT2D eigenvalue weighted by Crippen LogP contribution is -2.39. The monoisotopic (exact) mass is 411 g/mol. The molecule has 0 spiro atoms. The van der Waals surface area contributed by atoms with E-state index in [0.29, 0.717) is 12.5 Å². The van der Waals surface area contributed by atoms with Crippen LogP contribution in [0.25, 0.3) is 0 Å². The second-order valence-corrected chi connectivity index (χ2v) is 9.01. The largest absolute Gasteiger partial charge is 0.491 e. The van der Waals surface area contributed by atoms with Gasteiger partial charge in [0.1, 0.15) is 18.5 Å². The van der Waals surface area contributed by atoms with Crippen molar-refractivity contribution < 1.29 is 14.6 Å². The van der Waals surface area contributed by atoms with Crippen LogP contribution in [0.1, 0.15) is 54.9 Å². The van der Waals surface area contributed by atoms with Gasteiger partial charge in [-0.1, -0.05) is 44.2 Å². The molecule has 4 nitrogen and oxygen atoms in total. The predicted molar refractivity (Wildman–Crippen MR) is 122 cm³/mol. The first-order valence-electron chi connectivity index (χ1n) is 11.2. The standard InChI is InChI=1S/C26H37NO3/c1-19(2)23-9-7-22(8-10-23)15-27(17-25-6-5-11-29-25)16-24(28)18-30-26-13-20(3)12-21(4)14-26/h7-10,12-14,19,24-25,28H,5-6,11,15-18H2,1-4H3. The molecule has 1 aliphatic heterocycles. The van der Waals surface area contributed by atoms with Crippen molar-refractivity contribution >= 4 is 0 Å². The van der Waals surface area contributed by atoms with E-state index < -0.39 is 6.10 Å². The Bertz CT molecular complexity index is 761. The normalized spacial score (nSPS) is 17.6. The molecule has 0 bridgehead atoms. The first-order chi connectivity index (χ1) is 14.4. The number of hydrogen-bond acceptors (Lipinski definition) is 4. The lowest BCUT2D eigenvalue weighted by Gasteiger charge is -2.27. The molecular formula is C26H37NO3. The smallest absolute Gasteiger partial charge is 0.119 e. The highest BCUT2D eigenvalue weighted by molar-refractivity contribution is 5.33. The van der Waals surface area contributed by atoms with Crippen molar-refractivity contribution in [3.05, 3.63) is 64.7 Å². The van der Waals surface area contributed by atoms with Gasteiger partial charge in [0, 0.05) is 26.2 Å². The minimum atomic E-state index is -0.554. The highest BCUT2D eigenvalue weighted by atomic mass is 16.5. The third-order valence-corrected chi connectivity index (χ3v) is 5.64. The maximum absolute atomic E-state index is 10.7. The Morgan fingerprint density at radius 3 is 2.40 bits per heavy atom. The maximum Gasteiger partial charge on any atom is 0.119 e. The third-order valence-electron chi connectivity index (χ3n) is 5.64. The van der Waals surface area contributed by atoms with E-state index in [1.54, 1.807) is 0 Å². The summed E-state index contributed by atoms with van der Waals surface area (Å²) in [6, 6.07) is 15.0. The molecule has 2 unspecified atom stereocenters. The summed E-state index contributed by atoms with van der Waals surface area (Å²) in [4.78, 5) is 2.30. The van der Waals surface area contributed by atoms with Crippen molar-refractivity contribution in [3.63, 3.8) is 0 Å². The summed E-state index contributed by atoms with van der Waals surface area (Å²) in [5.74, 6) is 1.35. The van der Waals surface area contributed by atoms with Crippen molar-refractivity contribution in [1.29, 1.82) is 0 Å². The molecule has 3 rings (SSSR count). The van der Waals surface area contributed by atoms with Crippen LogP contribution < -0.4 is 4.74 Å². The van der Waals surface area contributed by atoms with Crippen LogP contribution in [0.15, 0.2) is 42.5 Å². The molecule has 1 N–H and O–H groups in total. The van der Waals surface area contributed by atoms with Crippen LogP contribution in [0.2, 0.25) is 0 Å². The molecule has 2 atom stereocenters. The molecule has 1 aliphatic rings. The van der Waals surface area contributed by atoms with E-state index in [1.807, 2.05) is 12.1 Å². The summed E-state index contributed by atoms with van der Waals surface area (Å²) >= 11 is 0. The van der Waals surface area contributed by atoms with Gasteiger partial charge < -0.3 is 14.6 Å². The molecule has 0 aliphatic carbocycles. The molecule has 2 aromatic rings. The van der Waals surface area contributed by atoms with Crippen LogP contribution in [0.5, 0.6) is 5.75 Å². The van der Waals surface area contributed by atoms with E-state index in [-0.39, 0.29) is 12.7 Å².